The molecule has 0 spiro atoms. The van der Waals surface area contributed by atoms with Crippen LogP contribution in [0.4, 0.5) is 10.6 Å². The fourth-order valence-corrected chi connectivity index (χ4v) is 2.89. The van der Waals surface area contributed by atoms with Gasteiger partial charge in [-0.15, -0.1) is 0 Å². The molecule has 27 heavy (non-hydrogen) atoms. The molecule has 1 saturated carbocycles. The molecule has 8 nitrogen and oxygen atoms in total. The molecule has 0 bridgehead atoms. The van der Waals surface area contributed by atoms with E-state index < -0.39 is 6.04 Å². The minimum Gasteiger partial charge on any atom is -0.337 e. The number of carbonyl (C=O) groups excluding carboxylic acids is 1. The monoisotopic (exact) mass is 386 g/mol. The number of urea groups is 1. The first kappa shape index (κ1) is 17.5. The van der Waals surface area contributed by atoms with Gasteiger partial charge in [-0.05, 0) is 31.4 Å². The van der Waals surface area contributed by atoms with Gasteiger partial charge in [0.1, 0.15) is 11.9 Å². The van der Waals surface area contributed by atoms with E-state index in [0.717, 1.165) is 24.2 Å². The summed E-state index contributed by atoms with van der Waals surface area (Å²) in [6.45, 7) is 2.25. The van der Waals surface area contributed by atoms with Crippen LogP contribution in [0.25, 0.3) is 0 Å². The summed E-state index contributed by atoms with van der Waals surface area (Å²) in [4.78, 5) is 16.7. The van der Waals surface area contributed by atoms with Gasteiger partial charge in [0.2, 0.25) is 5.89 Å². The van der Waals surface area contributed by atoms with E-state index >= 15 is 0 Å². The maximum absolute atomic E-state index is 12.3. The van der Waals surface area contributed by atoms with E-state index in [2.05, 4.69) is 25.9 Å². The molecule has 140 valence electrons. The molecule has 2 heterocycles. The van der Waals surface area contributed by atoms with Crippen LogP contribution < -0.4 is 10.6 Å². The fourth-order valence-electron chi connectivity index (χ4n) is 2.69. The van der Waals surface area contributed by atoms with Crippen molar-refractivity contribution >= 4 is 23.4 Å². The van der Waals surface area contributed by atoms with Gasteiger partial charge in [0.15, 0.2) is 5.82 Å². The zero-order chi connectivity index (χ0) is 18.8. The third-order valence-corrected chi connectivity index (χ3v) is 4.72. The highest BCUT2D eigenvalue weighted by molar-refractivity contribution is 6.31. The summed E-state index contributed by atoms with van der Waals surface area (Å²) >= 11 is 6.20. The highest BCUT2D eigenvalue weighted by Gasteiger charge is 2.29. The Bertz CT molecular complexity index is 949. The summed E-state index contributed by atoms with van der Waals surface area (Å²) in [5.41, 5.74) is 0.915. The predicted octanol–water partition coefficient (Wildman–Crippen LogP) is 3.73. The van der Waals surface area contributed by atoms with Gasteiger partial charge in [0.05, 0.1) is 12.7 Å². The number of aromatic nitrogens is 4. The first-order chi connectivity index (χ1) is 13.1. The van der Waals surface area contributed by atoms with E-state index in [1.165, 1.54) is 0 Å². The summed E-state index contributed by atoms with van der Waals surface area (Å²) < 4.78 is 6.91. The minimum absolute atomic E-state index is 0.380. The normalized spacial score (nSPS) is 14.7. The van der Waals surface area contributed by atoms with Crippen molar-refractivity contribution in [2.45, 2.75) is 38.3 Å². The first-order valence-electron chi connectivity index (χ1n) is 8.76. The Balaban J connectivity index is 1.38. The van der Waals surface area contributed by atoms with Crippen LogP contribution in [-0.2, 0) is 6.54 Å². The van der Waals surface area contributed by atoms with Crippen LogP contribution in [0.5, 0.6) is 0 Å². The molecule has 0 saturated heterocycles. The largest absolute Gasteiger partial charge is 0.337 e. The molecule has 2 N–H and O–H groups in total. The fraction of sp³-hybridized carbons (Fsp3) is 0.333. The van der Waals surface area contributed by atoms with Crippen LogP contribution in [0, 0.1) is 0 Å². The van der Waals surface area contributed by atoms with Gasteiger partial charge < -0.3 is 9.84 Å². The number of nitrogens with zero attached hydrogens (tertiary/aromatic N) is 4. The summed E-state index contributed by atoms with van der Waals surface area (Å²) in [6.07, 6.45) is 3.81. The Hall–Kier alpha value is -2.87. The lowest BCUT2D eigenvalue weighted by Crippen LogP contribution is -2.32. The van der Waals surface area contributed by atoms with Crippen molar-refractivity contribution in [3.63, 3.8) is 0 Å². The number of hydrogen-bond donors (Lipinski definition) is 2. The Labute approximate surface area is 160 Å². The van der Waals surface area contributed by atoms with Crippen molar-refractivity contribution in [2.24, 2.45) is 0 Å². The maximum atomic E-state index is 12.3. The summed E-state index contributed by atoms with van der Waals surface area (Å²) in [6, 6.07) is 8.46. The molecule has 0 aliphatic heterocycles. The molecule has 1 aromatic carbocycles. The van der Waals surface area contributed by atoms with Crippen molar-refractivity contribution in [1.29, 1.82) is 0 Å². The first-order valence-corrected chi connectivity index (χ1v) is 9.14. The quantitative estimate of drug-likeness (QED) is 0.672. The van der Waals surface area contributed by atoms with Crippen LogP contribution in [-0.4, -0.2) is 26.0 Å². The smallest absolute Gasteiger partial charge is 0.321 e. The molecule has 4 rings (SSSR count). The molecule has 1 aliphatic carbocycles. The van der Waals surface area contributed by atoms with Crippen LogP contribution >= 0.6 is 11.6 Å². The summed E-state index contributed by atoms with van der Waals surface area (Å²) in [5, 5.41) is 14.5. The van der Waals surface area contributed by atoms with E-state index in [1.807, 2.05) is 24.3 Å². The minimum atomic E-state index is -0.398. The molecule has 3 aromatic rings. The summed E-state index contributed by atoms with van der Waals surface area (Å²) in [5.74, 6) is 2.08. The number of carbonyl (C=O) groups is 1. The lowest BCUT2D eigenvalue weighted by atomic mass is 10.2. The van der Waals surface area contributed by atoms with Crippen molar-refractivity contribution < 1.29 is 9.32 Å². The zero-order valence-corrected chi connectivity index (χ0v) is 15.5. The third kappa shape index (κ3) is 4.11. The van der Waals surface area contributed by atoms with Crippen LogP contribution in [0.2, 0.25) is 5.02 Å². The van der Waals surface area contributed by atoms with E-state index in [1.54, 1.807) is 23.9 Å². The molecule has 1 fully saturated rings. The topological polar surface area (TPSA) is 97.9 Å². The van der Waals surface area contributed by atoms with Gasteiger partial charge in [0, 0.05) is 17.0 Å². The Morgan fingerprint density at radius 3 is 2.96 bits per heavy atom. The van der Waals surface area contributed by atoms with Gasteiger partial charge in [-0.2, -0.15) is 10.1 Å². The van der Waals surface area contributed by atoms with Crippen LogP contribution in [0.1, 0.15) is 49.0 Å². The lowest BCUT2D eigenvalue weighted by molar-refractivity contribution is 0.245. The molecular weight excluding hydrogens is 368 g/mol. The standard InChI is InChI=1S/C18H19ClN6O2/c1-11(17-23-16(24-27-17)12-6-7-12)21-18(26)22-15-8-9-20-25(15)10-13-4-2-3-5-14(13)19/h2-5,8-9,11-12H,6-7,10H2,1H3,(H2,21,22,26). The van der Waals surface area contributed by atoms with Crippen molar-refractivity contribution in [3.05, 3.63) is 58.8 Å². The average molecular weight is 387 g/mol. The van der Waals surface area contributed by atoms with Crippen LogP contribution in [0.15, 0.2) is 41.1 Å². The van der Waals surface area contributed by atoms with Gasteiger partial charge >= 0.3 is 6.03 Å². The number of halogens is 1. The molecule has 2 amide bonds. The van der Waals surface area contributed by atoms with Gasteiger partial charge in [-0.3, -0.25) is 5.32 Å². The third-order valence-electron chi connectivity index (χ3n) is 4.35. The van der Waals surface area contributed by atoms with E-state index in [0.29, 0.717) is 29.2 Å². The predicted molar refractivity (Wildman–Crippen MR) is 99.6 cm³/mol. The number of amides is 2. The number of hydrogen-bond acceptors (Lipinski definition) is 5. The van der Waals surface area contributed by atoms with Gasteiger partial charge in [0.25, 0.3) is 0 Å². The highest BCUT2D eigenvalue weighted by Crippen LogP contribution is 2.38. The van der Waals surface area contributed by atoms with Crippen LogP contribution in [0.3, 0.4) is 0 Å². The Kier molecular flexibility index (Phi) is 4.81. The van der Waals surface area contributed by atoms with E-state index in [4.69, 9.17) is 16.1 Å². The molecule has 9 heteroatoms. The molecule has 1 atom stereocenters. The maximum Gasteiger partial charge on any atom is 0.321 e. The lowest BCUT2D eigenvalue weighted by Gasteiger charge is -2.13. The highest BCUT2D eigenvalue weighted by atomic mass is 35.5. The number of rotatable bonds is 6. The molecule has 1 aliphatic rings. The van der Waals surface area contributed by atoms with Crippen molar-refractivity contribution in [3.8, 4) is 0 Å². The SMILES string of the molecule is CC(NC(=O)Nc1ccnn1Cc1ccccc1Cl)c1nc(C2CC2)no1. The van der Waals surface area contributed by atoms with Crippen molar-refractivity contribution in [1.82, 2.24) is 25.2 Å². The van der Waals surface area contributed by atoms with Gasteiger partial charge in [-0.1, -0.05) is 35.0 Å². The second-order valence-electron chi connectivity index (χ2n) is 6.55. The second kappa shape index (κ2) is 7.40. The Morgan fingerprint density at radius 2 is 2.19 bits per heavy atom. The molecule has 2 aromatic heterocycles. The second-order valence-corrected chi connectivity index (χ2v) is 6.96. The van der Waals surface area contributed by atoms with Gasteiger partial charge in [-0.25, -0.2) is 9.48 Å². The molecule has 1 unspecified atom stereocenters. The summed E-state index contributed by atoms with van der Waals surface area (Å²) in [7, 11) is 0. The van der Waals surface area contributed by atoms with E-state index in [-0.39, 0.29) is 6.03 Å². The number of nitrogens with one attached hydrogen (secondary N) is 2. The number of anilines is 1. The zero-order valence-electron chi connectivity index (χ0n) is 14.7. The number of benzene rings is 1. The Morgan fingerprint density at radius 1 is 1.37 bits per heavy atom. The van der Waals surface area contributed by atoms with Crippen molar-refractivity contribution in [2.75, 3.05) is 5.32 Å². The average Bonchev–Trinajstić information content (AvgIpc) is 3.21. The van der Waals surface area contributed by atoms with E-state index in [9.17, 15) is 4.79 Å². The molecule has 0 radical (unpaired) electrons. The molecular formula is C18H19ClN6O2.